The third-order valence-electron chi connectivity index (χ3n) is 4.89. The van der Waals surface area contributed by atoms with Crippen molar-refractivity contribution in [1.29, 1.82) is 0 Å². The van der Waals surface area contributed by atoms with Crippen LogP contribution in [0.15, 0.2) is 48.5 Å². The second kappa shape index (κ2) is 10.6. The minimum Gasteiger partial charge on any atom is -0.426 e. The molecule has 0 radical (unpaired) electrons. The van der Waals surface area contributed by atoms with Gasteiger partial charge in [-0.1, -0.05) is 38.5 Å². The van der Waals surface area contributed by atoms with Crippen molar-refractivity contribution >= 4 is 11.9 Å². The van der Waals surface area contributed by atoms with E-state index in [1.54, 1.807) is 36.4 Å². The van der Waals surface area contributed by atoms with E-state index in [2.05, 4.69) is 6.92 Å². The molecule has 0 saturated heterocycles. The summed E-state index contributed by atoms with van der Waals surface area (Å²) in [5, 5.41) is 0. The average Bonchev–Trinajstić information content (AvgIpc) is 2.72. The monoisotopic (exact) mass is 382 g/mol. The summed E-state index contributed by atoms with van der Waals surface area (Å²) in [7, 11) is 0. The van der Waals surface area contributed by atoms with E-state index in [0.717, 1.165) is 31.2 Å². The molecule has 3 rings (SSSR count). The van der Waals surface area contributed by atoms with Crippen LogP contribution >= 0.6 is 0 Å². The molecule has 0 aliphatic heterocycles. The standard InChI is InChI=1S/C22H24O4.C2H6/c1-15-3-7-17(8-4-15)21(23)26-20-13-9-18(10-14-20)22(24)25-19-11-5-16(2)6-12-19;1-2/h5-6,9-15,17H,3-4,7-8H2,1-2H3;1-2H3. The van der Waals surface area contributed by atoms with Gasteiger partial charge in [-0.15, -0.1) is 0 Å². The maximum absolute atomic E-state index is 12.2. The van der Waals surface area contributed by atoms with Crippen LogP contribution in [-0.2, 0) is 4.79 Å². The Balaban J connectivity index is 0.00000136. The molecular formula is C24H30O4. The number of hydrogen-bond donors (Lipinski definition) is 0. The Morgan fingerprint density at radius 1 is 0.786 bits per heavy atom. The van der Waals surface area contributed by atoms with Crippen LogP contribution in [0.5, 0.6) is 11.5 Å². The number of aryl methyl sites for hydroxylation is 1. The molecule has 0 amide bonds. The van der Waals surface area contributed by atoms with Crippen LogP contribution in [-0.4, -0.2) is 11.9 Å². The highest BCUT2D eigenvalue weighted by molar-refractivity contribution is 5.91. The molecular weight excluding hydrogens is 352 g/mol. The minimum absolute atomic E-state index is 0.0163. The van der Waals surface area contributed by atoms with E-state index in [4.69, 9.17) is 9.47 Å². The van der Waals surface area contributed by atoms with E-state index in [1.807, 2.05) is 32.9 Å². The predicted octanol–water partition coefficient (Wildman–Crippen LogP) is 5.97. The van der Waals surface area contributed by atoms with E-state index < -0.39 is 5.97 Å². The summed E-state index contributed by atoms with van der Waals surface area (Å²) in [6.45, 7) is 8.19. The molecule has 1 saturated carbocycles. The van der Waals surface area contributed by atoms with Gasteiger partial charge in [0, 0.05) is 0 Å². The fraction of sp³-hybridized carbons (Fsp3) is 0.417. The van der Waals surface area contributed by atoms with Crippen molar-refractivity contribution in [3.63, 3.8) is 0 Å². The van der Waals surface area contributed by atoms with E-state index in [1.165, 1.54) is 0 Å². The number of esters is 2. The van der Waals surface area contributed by atoms with Crippen LogP contribution in [0.4, 0.5) is 0 Å². The van der Waals surface area contributed by atoms with E-state index >= 15 is 0 Å². The Hall–Kier alpha value is -2.62. The molecule has 0 spiro atoms. The van der Waals surface area contributed by atoms with Gasteiger partial charge in [0.05, 0.1) is 11.5 Å². The van der Waals surface area contributed by atoms with Crippen LogP contribution in [0.1, 0.15) is 62.4 Å². The maximum Gasteiger partial charge on any atom is 0.343 e. The fourth-order valence-electron chi connectivity index (χ4n) is 3.13. The topological polar surface area (TPSA) is 52.6 Å². The first-order chi connectivity index (χ1) is 13.5. The Morgan fingerprint density at radius 3 is 1.86 bits per heavy atom. The Kier molecular flexibility index (Phi) is 8.24. The van der Waals surface area contributed by atoms with Crippen molar-refractivity contribution in [3.8, 4) is 11.5 Å². The van der Waals surface area contributed by atoms with Gasteiger partial charge in [0.15, 0.2) is 0 Å². The number of rotatable bonds is 4. The smallest absolute Gasteiger partial charge is 0.343 e. The molecule has 0 heterocycles. The van der Waals surface area contributed by atoms with Crippen molar-refractivity contribution in [1.82, 2.24) is 0 Å². The van der Waals surface area contributed by atoms with E-state index in [-0.39, 0.29) is 11.9 Å². The van der Waals surface area contributed by atoms with Gasteiger partial charge in [0.1, 0.15) is 11.5 Å². The predicted molar refractivity (Wildman–Crippen MR) is 111 cm³/mol. The molecule has 0 bridgehead atoms. The molecule has 28 heavy (non-hydrogen) atoms. The first-order valence-corrected chi connectivity index (χ1v) is 10.1. The summed E-state index contributed by atoms with van der Waals surface area (Å²) in [5.74, 6) is 1.03. The largest absolute Gasteiger partial charge is 0.426 e. The van der Waals surface area contributed by atoms with Gasteiger partial charge in [-0.25, -0.2) is 4.79 Å². The highest BCUT2D eigenvalue weighted by atomic mass is 16.5. The van der Waals surface area contributed by atoms with Gasteiger partial charge in [-0.2, -0.15) is 0 Å². The fourth-order valence-corrected chi connectivity index (χ4v) is 3.13. The number of carbonyl (C=O) groups is 2. The van der Waals surface area contributed by atoms with Crippen molar-refractivity contribution in [2.45, 2.75) is 53.4 Å². The lowest BCUT2D eigenvalue weighted by atomic mass is 9.83. The lowest BCUT2D eigenvalue weighted by molar-refractivity contribution is -0.140. The van der Waals surface area contributed by atoms with Gasteiger partial charge < -0.3 is 9.47 Å². The number of carbonyl (C=O) groups excluding carboxylic acids is 2. The second-order valence-corrected chi connectivity index (χ2v) is 7.10. The summed E-state index contributed by atoms with van der Waals surface area (Å²) in [4.78, 5) is 24.4. The molecule has 0 atom stereocenters. The minimum atomic E-state index is -0.437. The molecule has 4 heteroatoms. The summed E-state index contributed by atoms with van der Waals surface area (Å²) >= 11 is 0. The van der Waals surface area contributed by atoms with Crippen LogP contribution in [0.3, 0.4) is 0 Å². The summed E-state index contributed by atoms with van der Waals surface area (Å²) in [5.41, 5.74) is 1.51. The first kappa shape index (κ1) is 21.7. The molecule has 2 aromatic carbocycles. The Bertz CT molecular complexity index is 754. The number of ether oxygens (including phenoxy) is 2. The quantitative estimate of drug-likeness (QED) is 0.483. The SMILES string of the molecule is CC.Cc1ccc(OC(=O)c2ccc(OC(=O)C3CCC(C)CC3)cc2)cc1. The highest BCUT2D eigenvalue weighted by Crippen LogP contribution is 2.29. The molecule has 2 aromatic rings. The van der Waals surface area contributed by atoms with Gasteiger partial charge >= 0.3 is 11.9 Å². The lowest BCUT2D eigenvalue weighted by Crippen LogP contribution is -2.24. The second-order valence-electron chi connectivity index (χ2n) is 7.10. The van der Waals surface area contributed by atoms with Gasteiger partial charge in [-0.3, -0.25) is 4.79 Å². The van der Waals surface area contributed by atoms with Gasteiger partial charge in [0.2, 0.25) is 0 Å². The molecule has 1 aliphatic rings. The molecule has 0 N–H and O–H groups in total. The number of hydrogen-bond acceptors (Lipinski definition) is 4. The Labute approximate surface area is 167 Å². The van der Waals surface area contributed by atoms with E-state index in [9.17, 15) is 9.59 Å². The zero-order valence-electron chi connectivity index (χ0n) is 17.2. The van der Waals surface area contributed by atoms with Gasteiger partial charge in [0.25, 0.3) is 0 Å². The van der Waals surface area contributed by atoms with Crippen LogP contribution in [0.2, 0.25) is 0 Å². The molecule has 0 aromatic heterocycles. The van der Waals surface area contributed by atoms with Crippen LogP contribution < -0.4 is 9.47 Å². The lowest BCUT2D eigenvalue weighted by Gasteiger charge is -2.24. The summed E-state index contributed by atoms with van der Waals surface area (Å²) in [6, 6.07) is 13.8. The zero-order valence-corrected chi connectivity index (χ0v) is 17.2. The summed E-state index contributed by atoms with van der Waals surface area (Å²) in [6.07, 6.45) is 3.93. The molecule has 1 fully saturated rings. The third kappa shape index (κ3) is 6.22. The summed E-state index contributed by atoms with van der Waals surface area (Å²) < 4.78 is 10.8. The molecule has 150 valence electrons. The normalized spacial score (nSPS) is 18.4. The molecule has 4 nitrogen and oxygen atoms in total. The van der Waals surface area contributed by atoms with Crippen molar-refractivity contribution in [3.05, 3.63) is 59.7 Å². The average molecular weight is 383 g/mol. The van der Waals surface area contributed by atoms with Crippen molar-refractivity contribution in [2.24, 2.45) is 11.8 Å². The van der Waals surface area contributed by atoms with Crippen molar-refractivity contribution < 1.29 is 19.1 Å². The van der Waals surface area contributed by atoms with Crippen LogP contribution in [0, 0.1) is 18.8 Å². The van der Waals surface area contributed by atoms with Crippen LogP contribution in [0.25, 0.3) is 0 Å². The number of benzene rings is 2. The molecule has 1 aliphatic carbocycles. The zero-order chi connectivity index (χ0) is 20.5. The first-order valence-electron chi connectivity index (χ1n) is 10.1. The van der Waals surface area contributed by atoms with Crippen molar-refractivity contribution in [2.75, 3.05) is 0 Å². The highest BCUT2D eigenvalue weighted by Gasteiger charge is 2.26. The maximum atomic E-state index is 12.2. The third-order valence-corrected chi connectivity index (χ3v) is 4.89. The van der Waals surface area contributed by atoms with E-state index in [0.29, 0.717) is 23.0 Å². The Morgan fingerprint density at radius 2 is 1.29 bits per heavy atom. The molecule has 0 unspecified atom stereocenters. The van der Waals surface area contributed by atoms with Gasteiger partial charge in [-0.05, 0) is 74.9 Å².